The molecule has 1 rings (SSSR count). The van der Waals surface area contributed by atoms with Crippen LogP contribution in [0.25, 0.3) is 0 Å². The van der Waals surface area contributed by atoms with Crippen LogP contribution in [0.15, 0.2) is 0 Å². The molecule has 4 N–H and O–H groups in total. The molecule has 6 heteroatoms. The largest absolute Gasteiger partial charge is 0.341 e. The molecule has 0 spiro atoms. The molecule has 0 radical (unpaired) electrons. The minimum atomic E-state index is -0.457. The summed E-state index contributed by atoms with van der Waals surface area (Å²) in [6.45, 7) is 2.76. The maximum atomic E-state index is 11.4. The van der Waals surface area contributed by atoms with E-state index in [9.17, 15) is 9.59 Å². The predicted octanol–water partition coefficient (Wildman–Crippen LogP) is -0.887. The van der Waals surface area contributed by atoms with Gasteiger partial charge in [0.15, 0.2) is 0 Å². The summed E-state index contributed by atoms with van der Waals surface area (Å²) in [6, 6.07) is -0.457. The smallest absolute Gasteiger partial charge is 0.321 e. The van der Waals surface area contributed by atoms with Crippen molar-refractivity contribution in [3.63, 3.8) is 0 Å². The summed E-state index contributed by atoms with van der Waals surface area (Å²) in [5.74, 6) is 0.323. The normalized spacial score (nSPS) is 18.1. The van der Waals surface area contributed by atoms with Crippen molar-refractivity contribution in [2.24, 2.45) is 11.7 Å². The lowest BCUT2D eigenvalue weighted by Gasteiger charge is -2.30. The SMILES string of the molecule is CNC(=O)NC(=O)CN1CCC(CN)CC1. The van der Waals surface area contributed by atoms with Gasteiger partial charge in [0.05, 0.1) is 6.54 Å². The lowest BCUT2D eigenvalue weighted by Crippen LogP contribution is -2.46. The van der Waals surface area contributed by atoms with E-state index >= 15 is 0 Å². The van der Waals surface area contributed by atoms with E-state index in [-0.39, 0.29) is 12.5 Å². The average molecular weight is 228 g/mol. The van der Waals surface area contributed by atoms with Gasteiger partial charge in [-0.1, -0.05) is 0 Å². The standard InChI is InChI=1S/C10H20N4O2/c1-12-10(16)13-9(15)7-14-4-2-8(6-11)3-5-14/h8H,2-7,11H2,1H3,(H2,12,13,15,16). The van der Waals surface area contributed by atoms with Gasteiger partial charge in [0.1, 0.15) is 0 Å². The number of hydrogen-bond acceptors (Lipinski definition) is 4. The molecule has 1 fully saturated rings. The first kappa shape index (κ1) is 12.9. The first-order valence-electron chi connectivity index (χ1n) is 5.59. The van der Waals surface area contributed by atoms with Gasteiger partial charge in [-0.15, -0.1) is 0 Å². The van der Waals surface area contributed by atoms with E-state index in [1.165, 1.54) is 7.05 Å². The summed E-state index contributed by atoms with van der Waals surface area (Å²) in [7, 11) is 1.48. The van der Waals surface area contributed by atoms with Crippen LogP contribution >= 0.6 is 0 Å². The Morgan fingerprint density at radius 1 is 1.38 bits per heavy atom. The van der Waals surface area contributed by atoms with Crippen LogP contribution in [-0.4, -0.2) is 50.1 Å². The van der Waals surface area contributed by atoms with Crippen LogP contribution in [0.2, 0.25) is 0 Å². The van der Waals surface area contributed by atoms with E-state index in [0.717, 1.165) is 32.5 Å². The van der Waals surface area contributed by atoms with Gasteiger partial charge in [0.25, 0.3) is 0 Å². The van der Waals surface area contributed by atoms with Crippen molar-refractivity contribution in [2.45, 2.75) is 12.8 Å². The number of hydrogen-bond donors (Lipinski definition) is 3. The molecular formula is C10H20N4O2. The van der Waals surface area contributed by atoms with Gasteiger partial charge >= 0.3 is 6.03 Å². The maximum absolute atomic E-state index is 11.4. The van der Waals surface area contributed by atoms with Crippen molar-refractivity contribution >= 4 is 11.9 Å². The van der Waals surface area contributed by atoms with E-state index < -0.39 is 6.03 Å². The van der Waals surface area contributed by atoms with Crippen molar-refractivity contribution in [1.29, 1.82) is 0 Å². The number of rotatable bonds is 3. The van der Waals surface area contributed by atoms with Gasteiger partial charge in [-0.25, -0.2) is 4.79 Å². The molecule has 1 aliphatic rings. The molecule has 1 saturated heterocycles. The minimum absolute atomic E-state index is 0.259. The van der Waals surface area contributed by atoms with Gasteiger partial charge in [-0.3, -0.25) is 15.0 Å². The van der Waals surface area contributed by atoms with Crippen LogP contribution < -0.4 is 16.4 Å². The van der Waals surface area contributed by atoms with Crippen LogP contribution in [0.3, 0.4) is 0 Å². The van der Waals surface area contributed by atoms with E-state index in [2.05, 4.69) is 10.6 Å². The van der Waals surface area contributed by atoms with Gasteiger partial charge in [0, 0.05) is 7.05 Å². The number of carbonyl (C=O) groups excluding carboxylic acids is 2. The van der Waals surface area contributed by atoms with Crippen LogP contribution in [0.5, 0.6) is 0 Å². The molecule has 16 heavy (non-hydrogen) atoms. The fourth-order valence-corrected chi connectivity index (χ4v) is 1.81. The Labute approximate surface area is 95.5 Å². The number of urea groups is 1. The Balaban J connectivity index is 2.23. The van der Waals surface area contributed by atoms with E-state index in [1.807, 2.05) is 4.90 Å². The zero-order chi connectivity index (χ0) is 12.0. The van der Waals surface area contributed by atoms with Gasteiger partial charge in [-0.2, -0.15) is 0 Å². The third-order valence-electron chi connectivity index (χ3n) is 2.89. The maximum Gasteiger partial charge on any atom is 0.321 e. The summed E-state index contributed by atoms with van der Waals surface area (Å²) < 4.78 is 0. The van der Waals surface area contributed by atoms with Crippen LogP contribution in [-0.2, 0) is 4.79 Å². The molecule has 0 aromatic carbocycles. The first-order chi connectivity index (χ1) is 7.65. The van der Waals surface area contributed by atoms with E-state index in [0.29, 0.717) is 5.92 Å². The Bertz CT molecular complexity index is 249. The highest BCUT2D eigenvalue weighted by Gasteiger charge is 2.20. The Kier molecular flexibility index (Phi) is 5.21. The summed E-state index contributed by atoms with van der Waals surface area (Å²) in [5, 5.41) is 4.59. The number of piperidine rings is 1. The molecule has 6 nitrogen and oxygen atoms in total. The second-order valence-corrected chi connectivity index (χ2v) is 4.08. The third kappa shape index (κ3) is 4.16. The first-order valence-corrected chi connectivity index (χ1v) is 5.59. The molecule has 0 bridgehead atoms. The fourth-order valence-electron chi connectivity index (χ4n) is 1.81. The summed E-state index contributed by atoms with van der Waals surface area (Å²) in [5.41, 5.74) is 5.58. The number of imide groups is 1. The number of carbonyl (C=O) groups is 2. The third-order valence-corrected chi connectivity index (χ3v) is 2.89. The predicted molar refractivity (Wildman–Crippen MR) is 60.8 cm³/mol. The second kappa shape index (κ2) is 6.44. The van der Waals surface area contributed by atoms with Crippen LogP contribution in [0.1, 0.15) is 12.8 Å². The molecular weight excluding hydrogens is 208 g/mol. The number of nitrogens with zero attached hydrogens (tertiary/aromatic N) is 1. The molecule has 92 valence electrons. The van der Waals surface area contributed by atoms with E-state index in [1.54, 1.807) is 0 Å². The average Bonchev–Trinajstić information content (AvgIpc) is 2.29. The molecule has 0 aromatic rings. The minimum Gasteiger partial charge on any atom is -0.341 e. The van der Waals surface area contributed by atoms with E-state index in [4.69, 9.17) is 5.73 Å². The van der Waals surface area contributed by atoms with Gasteiger partial charge in [-0.05, 0) is 38.4 Å². The zero-order valence-corrected chi connectivity index (χ0v) is 9.66. The molecule has 1 aliphatic heterocycles. The lowest BCUT2D eigenvalue weighted by molar-refractivity contribution is -0.121. The number of nitrogens with two attached hydrogens (primary N) is 1. The monoisotopic (exact) mass is 228 g/mol. The number of amides is 3. The van der Waals surface area contributed by atoms with Crippen molar-refractivity contribution in [3.8, 4) is 0 Å². The topological polar surface area (TPSA) is 87.5 Å². The highest BCUT2D eigenvalue weighted by molar-refractivity contribution is 5.95. The highest BCUT2D eigenvalue weighted by Crippen LogP contribution is 2.14. The Morgan fingerprint density at radius 2 is 2.00 bits per heavy atom. The van der Waals surface area contributed by atoms with Crippen molar-refractivity contribution in [1.82, 2.24) is 15.5 Å². The van der Waals surface area contributed by atoms with Crippen molar-refractivity contribution in [2.75, 3.05) is 33.2 Å². The molecule has 0 unspecified atom stereocenters. The molecule has 0 aromatic heterocycles. The van der Waals surface area contributed by atoms with Crippen LogP contribution in [0, 0.1) is 5.92 Å². The van der Waals surface area contributed by atoms with Crippen molar-refractivity contribution in [3.05, 3.63) is 0 Å². The molecule has 0 atom stereocenters. The van der Waals surface area contributed by atoms with Crippen LogP contribution in [0.4, 0.5) is 4.79 Å². The quantitative estimate of drug-likeness (QED) is 0.585. The number of nitrogens with one attached hydrogen (secondary N) is 2. The summed E-state index contributed by atoms with van der Waals surface area (Å²) in [4.78, 5) is 24.3. The summed E-state index contributed by atoms with van der Waals surface area (Å²) in [6.07, 6.45) is 2.06. The molecule has 0 aliphatic carbocycles. The lowest BCUT2D eigenvalue weighted by atomic mass is 9.97. The van der Waals surface area contributed by atoms with Crippen molar-refractivity contribution < 1.29 is 9.59 Å². The zero-order valence-electron chi connectivity index (χ0n) is 9.66. The second-order valence-electron chi connectivity index (χ2n) is 4.08. The van der Waals surface area contributed by atoms with Gasteiger partial charge < -0.3 is 11.1 Å². The molecule has 3 amide bonds. The highest BCUT2D eigenvalue weighted by atomic mass is 16.2. The molecule has 1 heterocycles. The summed E-state index contributed by atoms with van der Waals surface area (Å²) >= 11 is 0. The fraction of sp³-hybridized carbons (Fsp3) is 0.800. The number of likely N-dealkylation sites (tertiary alicyclic amines) is 1. The Hall–Kier alpha value is -1.14. The van der Waals surface area contributed by atoms with Gasteiger partial charge in [0.2, 0.25) is 5.91 Å². The Morgan fingerprint density at radius 3 is 2.50 bits per heavy atom. The molecule has 0 saturated carbocycles.